The maximum atomic E-state index is 14.4. The van der Waals surface area contributed by atoms with Gasteiger partial charge in [0.25, 0.3) is 10.0 Å². The summed E-state index contributed by atoms with van der Waals surface area (Å²) in [5.41, 5.74) is 2.60. The van der Waals surface area contributed by atoms with Gasteiger partial charge in [0.15, 0.2) is 0 Å². The number of amides is 2. The molecule has 0 aliphatic rings. The van der Waals surface area contributed by atoms with Gasteiger partial charge in [-0.2, -0.15) is 0 Å². The van der Waals surface area contributed by atoms with Crippen molar-refractivity contribution >= 4 is 50.7 Å². The SMILES string of the molecule is CCNC(=O)C(Cc1ccccc1)N(Cc1ccc(Cl)cc1Cl)C(=O)CN(c1ccc(C)cc1)S(=O)(=O)c1ccc(OC)cc1. The Hall–Kier alpha value is -4.05. The molecule has 0 spiro atoms. The Labute approximate surface area is 274 Å². The monoisotopic (exact) mass is 667 g/mol. The summed E-state index contributed by atoms with van der Waals surface area (Å²) in [6, 6.07) is 26.0. The Morgan fingerprint density at radius 3 is 2.18 bits per heavy atom. The molecular weight excluding hydrogens is 633 g/mol. The number of benzene rings is 4. The number of aryl methyl sites for hydroxylation is 1. The average Bonchev–Trinajstić information content (AvgIpc) is 3.03. The molecule has 4 rings (SSSR count). The van der Waals surface area contributed by atoms with E-state index in [0.717, 1.165) is 15.4 Å². The number of carbonyl (C=O) groups excluding carboxylic acids is 2. The number of rotatable bonds is 13. The van der Waals surface area contributed by atoms with Crippen LogP contribution in [0.2, 0.25) is 10.0 Å². The van der Waals surface area contributed by atoms with Crippen LogP contribution < -0.4 is 14.4 Å². The molecular formula is C34H35Cl2N3O5S. The van der Waals surface area contributed by atoms with Gasteiger partial charge in [-0.15, -0.1) is 0 Å². The molecule has 0 aliphatic carbocycles. The fraction of sp³-hybridized carbons (Fsp3) is 0.235. The van der Waals surface area contributed by atoms with Gasteiger partial charge in [-0.05, 0) is 73.5 Å². The number of nitrogens with zero attached hydrogens (tertiary/aromatic N) is 2. The van der Waals surface area contributed by atoms with Gasteiger partial charge in [0, 0.05) is 29.6 Å². The van der Waals surface area contributed by atoms with Crippen molar-refractivity contribution in [3.63, 3.8) is 0 Å². The first-order valence-electron chi connectivity index (χ1n) is 14.3. The number of anilines is 1. The zero-order valence-corrected chi connectivity index (χ0v) is 27.6. The normalized spacial score (nSPS) is 11.8. The van der Waals surface area contributed by atoms with Crippen molar-refractivity contribution in [1.82, 2.24) is 10.2 Å². The quantitative estimate of drug-likeness (QED) is 0.181. The van der Waals surface area contributed by atoms with E-state index in [4.69, 9.17) is 27.9 Å². The van der Waals surface area contributed by atoms with E-state index in [-0.39, 0.29) is 23.8 Å². The Kier molecular flexibility index (Phi) is 11.5. The third kappa shape index (κ3) is 8.57. The van der Waals surface area contributed by atoms with Crippen LogP contribution in [-0.2, 0) is 32.6 Å². The van der Waals surface area contributed by atoms with E-state index in [9.17, 15) is 18.0 Å². The number of likely N-dealkylation sites (N-methyl/N-ethyl adjacent to an activating group) is 1. The summed E-state index contributed by atoms with van der Waals surface area (Å²) >= 11 is 12.7. The van der Waals surface area contributed by atoms with E-state index < -0.39 is 28.5 Å². The third-order valence-corrected chi connectivity index (χ3v) is 9.60. The first-order valence-corrected chi connectivity index (χ1v) is 16.5. The zero-order valence-electron chi connectivity index (χ0n) is 25.2. The van der Waals surface area contributed by atoms with E-state index >= 15 is 0 Å². The lowest BCUT2D eigenvalue weighted by Gasteiger charge is -2.34. The van der Waals surface area contributed by atoms with Crippen LogP contribution in [0.15, 0.2) is 102 Å². The van der Waals surface area contributed by atoms with Crippen LogP contribution in [0.25, 0.3) is 0 Å². The minimum atomic E-state index is -4.24. The summed E-state index contributed by atoms with van der Waals surface area (Å²) in [6.45, 7) is 3.38. The zero-order chi connectivity index (χ0) is 32.6. The predicted molar refractivity (Wildman–Crippen MR) is 178 cm³/mol. The maximum absolute atomic E-state index is 14.4. The first kappa shape index (κ1) is 33.8. The van der Waals surface area contributed by atoms with E-state index in [2.05, 4.69) is 5.32 Å². The second kappa shape index (κ2) is 15.3. The number of halogens is 2. The minimum Gasteiger partial charge on any atom is -0.497 e. The van der Waals surface area contributed by atoms with Crippen molar-refractivity contribution in [2.45, 2.75) is 37.8 Å². The topological polar surface area (TPSA) is 96.0 Å². The van der Waals surface area contributed by atoms with Crippen molar-refractivity contribution in [2.75, 3.05) is 24.5 Å². The van der Waals surface area contributed by atoms with Gasteiger partial charge in [-0.3, -0.25) is 13.9 Å². The van der Waals surface area contributed by atoms with Crippen LogP contribution in [0.3, 0.4) is 0 Å². The van der Waals surface area contributed by atoms with Gasteiger partial charge in [-0.25, -0.2) is 8.42 Å². The summed E-state index contributed by atoms with van der Waals surface area (Å²) in [5.74, 6) is -0.478. The summed E-state index contributed by atoms with van der Waals surface area (Å²) in [4.78, 5) is 29.4. The minimum absolute atomic E-state index is 0.0199. The van der Waals surface area contributed by atoms with Crippen LogP contribution in [0.1, 0.15) is 23.6 Å². The highest BCUT2D eigenvalue weighted by molar-refractivity contribution is 7.92. The van der Waals surface area contributed by atoms with Crippen molar-refractivity contribution < 1.29 is 22.7 Å². The van der Waals surface area contributed by atoms with Crippen molar-refractivity contribution in [3.05, 3.63) is 124 Å². The summed E-state index contributed by atoms with van der Waals surface area (Å²) in [5, 5.41) is 3.57. The van der Waals surface area contributed by atoms with Crippen LogP contribution in [-0.4, -0.2) is 51.4 Å². The number of hydrogen-bond acceptors (Lipinski definition) is 5. The largest absolute Gasteiger partial charge is 0.497 e. The molecule has 0 fully saturated rings. The molecule has 45 heavy (non-hydrogen) atoms. The molecule has 0 heterocycles. The van der Waals surface area contributed by atoms with Gasteiger partial charge in [-0.1, -0.05) is 77.3 Å². The molecule has 8 nitrogen and oxygen atoms in total. The number of methoxy groups -OCH3 is 1. The second-order valence-electron chi connectivity index (χ2n) is 10.4. The molecule has 1 atom stereocenters. The molecule has 0 aliphatic heterocycles. The molecule has 0 radical (unpaired) electrons. The molecule has 236 valence electrons. The summed E-state index contributed by atoms with van der Waals surface area (Å²) in [6.07, 6.45) is 0.194. The number of ether oxygens (including phenoxy) is 1. The highest BCUT2D eigenvalue weighted by atomic mass is 35.5. The van der Waals surface area contributed by atoms with E-state index in [1.165, 1.54) is 24.1 Å². The first-order chi connectivity index (χ1) is 21.5. The smallest absolute Gasteiger partial charge is 0.264 e. The van der Waals surface area contributed by atoms with E-state index in [1.807, 2.05) is 37.3 Å². The van der Waals surface area contributed by atoms with Crippen molar-refractivity contribution in [1.29, 1.82) is 0 Å². The van der Waals surface area contributed by atoms with Crippen LogP contribution in [0, 0.1) is 6.92 Å². The predicted octanol–water partition coefficient (Wildman–Crippen LogP) is 6.28. The van der Waals surface area contributed by atoms with Gasteiger partial charge in [0.1, 0.15) is 18.3 Å². The third-order valence-electron chi connectivity index (χ3n) is 7.23. The van der Waals surface area contributed by atoms with Crippen LogP contribution >= 0.6 is 23.2 Å². The molecule has 4 aromatic carbocycles. The van der Waals surface area contributed by atoms with Gasteiger partial charge in [0.2, 0.25) is 11.8 Å². The lowest BCUT2D eigenvalue weighted by molar-refractivity contribution is -0.140. The number of hydrogen-bond donors (Lipinski definition) is 1. The fourth-order valence-electron chi connectivity index (χ4n) is 4.79. The van der Waals surface area contributed by atoms with Crippen LogP contribution in [0.5, 0.6) is 5.75 Å². The molecule has 4 aromatic rings. The molecule has 0 saturated heterocycles. The lowest BCUT2D eigenvalue weighted by Crippen LogP contribution is -2.53. The molecule has 2 amide bonds. The van der Waals surface area contributed by atoms with Gasteiger partial charge in [0.05, 0.1) is 17.7 Å². The lowest BCUT2D eigenvalue weighted by atomic mass is 10.0. The number of sulfonamides is 1. The number of nitrogens with one attached hydrogen (secondary N) is 1. The Morgan fingerprint density at radius 2 is 1.58 bits per heavy atom. The number of carbonyl (C=O) groups is 2. The average molecular weight is 669 g/mol. The highest BCUT2D eigenvalue weighted by Crippen LogP contribution is 2.28. The molecule has 0 saturated carbocycles. The van der Waals surface area contributed by atoms with Gasteiger partial charge < -0.3 is 15.0 Å². The Balaban J connectivity index is 1.81. The fourth-order valence-corrected chi connectivity index (χ4v) is 6.68. The molecule has 1 N–H and O–H groups in total. The summed E-state index contributed by atoms with van der Waals surface area (Å²) < 4.78 is 34.5. The van der Waals surface area contributed by atoms with E-state index in [1.54, 1.807) is 61.5 Å². The standard InChI is InChI=1S/C34H35Cl2N3O5S/c1-4-37-34(41)32(20-25-8-6-5-7-9-25)38(22-26-12-13-27(35)21-31(26)36)33(40)23-39(28-14-10-24(2)11-15-28)45(42,43)30-18-16-29(44-3)17-19-30/h5-19,21,32H,4,20,22-23H2,1-3H3,(H,37,41). The molecule has 11 heteroatoms. The highest BCUT2D eigenvalue weighted by Gasteiger charge is 2.34. The van der Waals surface area contributed by atoms with E-state index in [0.29, 0.717) is 33.6 Å². The van der Waals surface area contributed by atoms with Crippen LogP contribution in [0.4, 0.5) is 5.69 Å². The molecule has 1 unspecified atom stereocenters. The Bertz CT molecular complexity index is 1720. The molecule has 0 aromatic heterocycles. The maximum Gasteiger partial charge on any atom is 0.264 e. The molecule has 0 bridgehead atoms. The second-order valence-corrected chi connectivity index (χ2v) is 13.1. The van der Waals surface area contributed by atoms with Crippen molar-refractivity contribution in [3.8, 4) is 5.75 Å². The Morgan fingerprint density at radius 1 is 0.911 bits per heavy atom. The van der Waals surface area contributed by atoms with Crippen molar-refractivity contribution in [2.24, 2.45) is 0 Å². The van der Waals surface area contributed by atoms with Gasteiger partial charge >= 0.3 is 0 Å². The summed E-state index contributed by atoms with van der Waals surface area (Å²) in [7, 11) is -2.75.